The quantitative estimate of drug-likeness (QED) is 0.417. The molecule has 0 fully saturated rings. The molecule has 2 amide bonds. The maximum absolute atomic E-state index is 12.0. The lowest BCUT2D eigenvalue weighted by Crippen LogP contribution is -2.26. The monoisotopic (exact) mass is 509 g/mol. The van der Waals surface area contributed by atoms with Gasteiger partial charge in [-0.05, 0) is 66.5 Å². The maximum atomic E-state index is 12.0. The third-order valence-electron chi connectivity index (χ3n) is 3.70. The Labute approximate surface area is 181 Å². The van der Waals surface area contributed by atoms with Gasteiger partial charge in [-0.25, -0.2) is 5.43 Å². The predicted molar refractivity (Wildman–Crippen MR) is 118 cm³/mol. The second kappa shape index (κ2) is 10.4. The zero-order chi connectivity index (χ0) is 20.7. The van der Waals surface area contributed by atoms with Gasteiger partial charge in [0.05, 0.1) is 10.9 Å². The molecule has 0 aliphatic carbocycles. The average molecular weight is 511 g/mol. The molecule has 0 aliphatic rings. The van der Waals surface area contributed by atoms with E-state index in [0.29, 0.717) is 11.5 Å². The van der Waals surface area contributed by atoms with E-state index in [1.54, 1.807) is 6.92 Å². The van der Waals surface area contributed by atoms with Crippen molar-refractivity contribution >= 4 is 55.1 Å². The Balaban J connectivity index is 1.80. The van der Waals surface area contributed by atoms with Crippen LogP contribution in [0.2, 0.25) is 0 Å². The first-order chi connectivity index (χ1) is 13.2. The number of benzene rings is 2. The highest BCUT2D eigenvalue weighted by Crippen LogP contribution is 2.31. The third kappa shape index (κ3) is 7.09. The normalized spacial score (nSPS) is 11.1. The topological polar surface area (TPSA) is 79.8 Å². The van der Waals surface area contributed by atoms with Crippen LogP contribution in [-0.4, -0.2) is 24.1 Å². The zero-order valence-corrected chi connectivity index (χ0v) is 19.0. The van der Waals surface area contributed by atoms with E-state index in [-0.39, 0.29) is 18.9 Å². The fourth-order valence-electron chi connectivity index (χ4n) is 2.19. The summed E-state index contributed by atoms with van der Waals surface area (Å²) in [5.74, 6) is -0.0512. The van der Waals surface area contributed by atoms with Crippen LogP contribution in [0, 0.1) is 13.8 Å². The van der Waals surface area contributed by atoms with Crippen LogP contribution in [0.1, 0.15) is 24.5 Å². The fraction of sp³-hybridized carbons (Fsp3) is 0.250. The number of aryl methyl sites for hydroxylation is 2. The summed E-state index contributed by atoms with van der Waals surface area (Å²) in [7, 11) is 0. The second-order valence-corrected chi connectivity index (χ2v) is 8.00. The predicted octanol–water partition coefficient (Wildman–Crippen LogP) is 4.73. The summed E-state index contributed by atoms with van der Waals surface area (Å²) in [6.07, 6.45) is 0.0759. The molecule has 0 aromatic heterocycles. The summed E-state index contributed by atoms with van der Waals surface area (Å²) in [5.41, 5.74) is 5.71. The summed E-state index contributed by atoms with van der Waals surface area (Å²) in [5, 5.41) is 6.73. The largest absolute Gasteiger partial charge is 0.483 e. The molecule has 0 spiro atoms. The van der Waals surface area contributed by atoms with Crippen LogP contribution in [-0.2, 0) is 9.59 Å². The molecule has 8 heteroatoms. The lowest BCUT2D eigenvalue weighted by Gasteiger charge is -2.10. The van der Waals surface area contributed by atoms with Crippen molar-refractivity contribution in [1.29, 1.82) is 0 Å². The molecule has 0 radical (unpaired) electrons. The zero-order valence-electron chi connectivity index (χ0n) is 15.8. The number of nitrogens with one attached hydrogen (secondary N) is 2. The van der Waals surface area contributed by atoms with Gasteiger partial charge in [0.1, 0.15) is 5.75 Å². The van der Waals surface area contributed by atoms with Crippen molar-refractivity contribution in [3.05, 3.63) is 56.5 Å². The smallest absolute Gasteiger partial charge is 0.277 e. The van der Waals surface area contributed by atoms with Gasteiger partial charge in [0.25, 0.3) is 5.91 Å². The van der Waals surface area contributed by atoms with Crippen LogP contribution in [0.3, 0.4) is 0 Å². The van der Waals surface area contributed by atoms with Crippen molar-refractivity contribution in [2.45, 2.75) is 27.2 Å². The molecule has 148 valence electrons. The van der Waals surface area contributed by atoms with Crippen LogP contribution in [0.5, 0.6) is 5.75 Å². The second-order valence-electron chi connectivity index (χ2n) is 6.29. The van der Waals surface area contributed by atoms with Crippen LogP contribution in [0.25, 0.3) is 0 Å². The van der Waals surface area contributed by atoms with Gasteiger partial charge in [-0.1, -0.05) is 33.6 Å². The minimum Gasteiger partial charge on any atom is -0.483 e. The van der Waals surface area contributed by atoms with E-state index < -0.39 is 5.91 Å². The Morgan fingerprint density at radius 2 is 1.71 bits per heavy atom. The van der Waals surface area contributed by atoms with Crippen LogP contribution >= 0.6 is 31.9 Å². The Bertz CT molecular complexity index is 896. The third-order valence-corrected chi connectivity index (χ3v) is 5.17. The number of carbonyl (C=O) groups excluding carboxylic acids is 2. The summed E-state index contributed by atoms with van der Waals surface area (Å²) in [4.78, 5) is 23.9. The highest BCUT2D eigenvalue weighted by molar-refractivity contribution is 9.11. The number of carbonyl (C=O) groups is 2. The molecule has 28 heavy (non-hydrogen) atoms. The van der Waals surface area contributed by atoms with Gasteiger partial charge in [0.2, 0.25) is 5.91 Å². The minimum atomic E-state index is -0.411. The molecular weight excluding hydrogens is 490 g/mol. The number of rotatable bonds is 7. The lowest BCUT2D eigenvalue weighted by molar-refractivity contribution is -0.123. The molecule has 0 saturated heterocycles. The van der Waals surface area contributed by atoms with Crippen molar-refractivity contribution in [2.75, 3.05) is 11.9 Å². The van der Waals surface area contributed by atoms with Gasteiger partial charge in [0.15, 0.2) is 6.61 Å². The first-order valence-corrected chi connectivity index (χ1v) is 10.1. The molecule has 2 aromatic carbocycles. The molecule has 0 saturated carbocycles. The molecular formula is C20H21Br2N3O3. The Kier molecular flexibility index (Phi) is 8.19. The molecule has 0 atom stereocenters. The van der Waals surface area contributed by atoms with E-state index in [1.807, 2.05) is 50.2 Å². The van der Waals surface area contributed by atoms with E-state index in [1.165, 1.54) is 0 Å². The molecule has 2 aromatic rings. The van der Waals surface area contributed by atoms with Crippen LogP contribution in [0.15, 0.2) is 50.4 Å². The summed E-state index contributed by atoms with van der Waals surface area (Å²) in [6.45, 7) is 5.39. The standard InChI is InChI=1S/C20H21Br2N3O3/c1-12-4-6-15(7-5-12)23-19(26)9-14(3)24-25-20(27)11-28-18-8-13(2)16(21)10-17(18)22/h4-8,10H,9,11H2,1-3H3,(H,23,26)(H,25,27)/b24-14+. The van der Waals surface area contributed by atoms with Gasteiger partial charge >= 0.3 is 0 Å². The van der Waals surface area contributed by atoms with Gasteiger partial charge in [-0.15, -0.1) is 0 Å². The first kappa shape index (κ1) is 22.1. The fourth-order valence-corrected chi connectivity index (χ4v) is 3.30. The Hall–Kier alpha value is -2.19. The highest BCUT2D eigenvalue weighted by atomic mass is 79.9. The van der Waals surface area contributed by atoms with E-state index >= 15 is 0 Å². The van der Waals surface area contributed by atoms with Gasteiger partial charge in [0, 0.05) is 15.9 Å². The molecule has 0 unspecified atom stereocenters. The summed E-state index contributed by atoms with van der Waals surface area (Å²) >= 11 is 6.82. The molecule has 0 bridgehead atoms. The number of amides is 2. The van der Waals surface area contributed by atoms with Crippen molar-refractivity contribution < 1.29 is 14.3 Å². The Morgan fingerprint density at radius 3 is 2.39 bits per heavy atom. The lowest BCUT2D eigenvalue weighted by atomic mass is 10.2. The Morgan fingerprint density at radius 1 is 1.04 bits per heavy atom. The molecule has 0 heterocycles. The number of hydrogen-bond donors (Lipinski definition) is 2. The highest BCUT2D eigenvalue weighted by Gasteiger charge is 2.09. The number of halogens is 2. The van der Waals surface area contributed by atoms with E-state index in [9.17, 15) is 9.59 Å². The van der Waals surface area contributed by atoms with Gasteiger partial charge in [-0.3, -0.25) is 9.59 Å². The number of hydrazone groups is 1. The number of hydrogen-bond acceptors (Lipinski definition) is 4. The van der Waals surface area contributed by atoms with Crippen molar-refractivity contribution in [2.24, 2.45) is 5.10 Å². The van der Waals surface area contributed by atoms with Crippen LogP contribution in [0.4, 0.5) is 5.69 Å². The SMILES string of the molecule is C/C(CC(=O)Nc1ccc(C)cc1)=N\NC(=O)COc1cc(C)c(Br)cc1Br. The van der Waals surface area contributed by atoms with Crippen molar-refractivity contribution in [3.8, 4) is 5.75 Å². The maximum Gasteiger partial charge on any atom is 0.277 e. The average Bonchev–Trinajstić information content (AvgIpc) is 2.63. The van der Waals surface area contributed by atoms with Gasteiger partial charge < -0.3 is 10.1 Å². The summed E-state index contributed by atoms with van der Waals surface area (Å²) in [6, 6.07) is 11.2. The van der Waals surface area contributed by atoms with E-state index in [4.69, 9.17) is 4.74 Å². The summed E-state index contributed by atoms with van der Waals surface area (Å²) < 4.78 is 7.19. The molecule has 0 aliphatic heterocycles. The first-order valence-electron chi connectivity index (χ1n) is 8.51. The molecule has 6 nitrogen and oxygen atoms in total. The van der Waals surface area contributed by atoms with Crippen molar-refractivity contribution in [1.82, 2.24) is 5.43 Å². The van der Waals surface area contributed by atoms with Crippen molar-refractivity contribution in [3.63, 3.8) is 0 Å². The number of ether oxygens (including phenoxy) is 1. The molecule has 2 N–H and O–H groups in total. The number of anilines is 1. The van der Waals surface area contributed by atoms with Gasteiger partial charge in [-0.2, -0.15) is 5.10 Å². The van der Waals surface area contributed by atoms with E-state index in [2.05, 4.69) is 47.7 Å². The number of nitrogens with zero attached hydrogens (tertiary/aromatic N) is 1. The minimum absolute atomic E-state index is 0.0759. The van der Waals surface area contributed by atoms with E-state index in [0.717, 1.165) is 25.8 Å². The molecule has 2 rings (SSSR count). The van der Waals surface area contributed by atoms with Crippen LogP contribution < -0.4 is 15.5 Å².